The minimum atomic E-state index is -0.916. The van der Waals surface area contributed by atoms with Gasteiger partial charge >= 0.3 is 0 Å². The fraction of sp³-hybridized carbons (Fsp3) is 0.353. The van der Waals surface area contributed by atoms with E-state index in [-0.39, 0.29) is 23.8 Å². The van der Waals surface area contributed by atoms with Gasteiger partial charge in [-0.2, -0.15) is 0 Å². The summed E-state index contributed by atoms with van der Waals surface area (Å²) in [5.41, 5.74) is -0.688. The highest BCUT2D eigenvalue weighted by Gasteiger charge is 2.29. The number of hydrogen-bond donors (Lipinski definition) is 4. The monoisotopic (exact) mass is 300 g/mol. The van der Waals surface area contributed by atoms with Crippen molar-refractivity contribution in [2.45, 2.75) is 18.4 Å². The minimum absolute atomic E-state index is 0.0237. The lowest BCUT2D eigenvalue weighted by Gasteiger charge is -2.32. The number of carbonyl (C=O) groups is 1. The fourth-order valence-electron chi connectivity index (χ4n) is 2.88. The number of aromatic hydroxyl groups is 1. The standard InChI is InChI=1S/C17H20N2O3/c20-15-13-5-2-1-4-12(13)6-7-14(15)16(21)19-11-17(22)8-3-9-18-10-17/h1-2,4-7,18,20,22H,3,8-11H2,(H,19,21)/t17-/m1/s1. The molecule has 1 fully saturated rings. The Hall–Kier alpha value is -2.11. The second-order valence-corrected chi connectivity index (χ2v) is 5.87. The number of rotatable bonds is 3. The number of piperidine rings is 1. The van der Waals surface area contributed by atoms with Gasteiger partial charge in [-0.3, -0.25) is 4.79 Å². The first-order valence-corrected chi connectivity index (χ1v) is 7.51. The van der Waals surface area contributed by atoms with E-state index < -0.39 is 5.60 Å². The van der Waals surface area contributed by atoms with Gasteiger partial charge in [0.1, 0.15) is 5.75 Å². The number of aliphatic hydroxyl groups is 1. The Morgan fingerprint density at radius 3 is 2.86 bits per heavy atom. The van der Waals surface area contributed by atoms with Crippen molar-refractivity contribution in [3.05, 3.63) is 42.0 Å². The lowest BCUT2D eigenvalue weighted by atomic mass is 9.94. The zero-order valence-corrected chi connectivity index (χ0v) is 12.3. The number of nitrogens with one attached hydrogen (secondary N) is 2. The molecule has 0 aromatic heterocycles. The van der Waals surface area contributed by atoms with Gasteiger partial charge in [0.25, 0.3) is 5.91 Å². The molecule has 2 aromatic rings. The zero-order chi connectivity index (χ0) is 15.6. The third kappa shape index (κ3) is 2.91. The Morgan fingerprint density at radius 1 is 1.27 bits per heavy atom. The third-order valence-corrected chi connectivity index (χ3v) is 4.17. The SMILES string of the molecule is O=C(NC[C@@]1(O)CCCNC1)c1ccc2ccccc2c1O. The van der Waals surface area contributed by atoms with Crippen LogP contribution in [-0.2, 0) is 0 Å². The van der Waals surface area contributed by atoms with E-state index in [0.717, 1.165) is 18.4 Å². The topological polar surface area (TPSA) is 81.6 Å². The lowest BCUT2D eigenvalue weighted by molar-refractivity contribution is 0.0169. The molecule has 0 saturated carbocycles. The molecule has 1 aliphatic heterocycles. The first-order chi connectivity index (χ1) is 10.6. The van der Waals surface area contributed by atoms with Gasteiger partial charge in [0.05, 0.1) is 11.2 Å². The van der Waals surface area contributed by atoms with Gasteiger partial charge in [-0.15, -0.1) is 0 Å². The van der Waals surface area contributed by atoms with Crippen LogP contribution in [0.5, 0.6) is 5.75 Å². The zero-order valence-electron chi connectivity index (χ0n) is 12.3. The van der Waals surface area contributed by atoms with Crippen molar-refractivity contribution < 1.29 is 15.0 Å². The Labute approximate surface area is 129 Å². The van der Waals surface area contributed by atoms with Crippen molar-refractivity contribution in [1.29, 1.82) is 0 Å². The summed E-state index contributed by atoms with van der Waals surface area (Å²) in [5, 5.41) is 28.0. The van der Waals surface area contributed by atoms with Crippen molar-refractivity contribution in [1.82, 2.24) is 10.6 Å². The fourth-order valence-corrected chi connectivity index (χ4v) is 2.88. The highest BCUT2D eigenvalue weighted by atomic mass is 16.3. The molecule has 0 spiro atoms. The number of hydrogen-bond acceptors (Lipinski definition) is 4. The molecule has 5 heteroatoms. The molecule has 0 bridgehead atoms. The predicted molar refractivity (Wildman–Crippen MR) is 85.0 cm³/mol. The Bertz CT molecular complexity index is 693. The van der Waals surface area contributed by atoms with Gasteiger partial charge in [0.15, 0.2) is 0 Å². The Balaban J connectivity index is 1.76. The maximum absolute atomic E-state index is 12.3. The quantitative estimate of drug-likeness (QED) is 0.690. The Kier molecular flexibility index (Phi) is 4.00. The van der Waals surface area contributed by atoms with Crippen LogP contribution in [-0.4, -0.2) is 41.4 Å². The van der Waals surface area contributed by atoms with E-state index in [1.54, 1.807) is 18.2 Å². The summed E-state index contributed by atoms with van der Waals surface area (Å²) >= 11 is 0. The van der Waals surface area contributed by atoms with Crippen LogP contribution in [0.1, 0.15) is 23.2 Å². The highest BCUT2D eigenvalue weighted by molar-refractivity contribution is 6.03. The van der Waals surface area contributed by atoms with Crippen molar-refractivity contribution in [2.24, 2.45) is 0 Å². The average Bonchev–Trinajstić information content (AvgIpc) is 2.54. The molecule has 0 unspecified atom stereocenters. The molecule has 1 atom stereocenters. The highest BCUT2D eigenvalue weighted by Crippen LogP contribution is 2.28. The second-order valence-electron chi connectivity index (χ2n) is 5.87. The van der Waals surface area contributed by atoms with Gasteiger partial charge in [-0.1, -0.05) is 30.3 Å². The van der Waals surface area contributed by atoms with Crippen molar-refractivity contribution in [3.8, 4) is 5.75 Å². The van der Waals surface area contributed by atoms with Crippen LogP contribution in [0, 0.1) is 0 Å². The molecule has 5 nitrogen and oxygen atoms in total. The van der Waals surface area contributed by atoms with E-state index in [4.69, 9.17) is 0 Å². The van der Waals surface area contributed by atoms with Crippen LogP contribution in [0.3, 0.4) is 0 Å². The largest absolute Gasteiger partial charge is 0.506 e. The maximum Gasteiger partial charge on any atom is 0.255 e. The summed E-state index contributed by atoms with van der Waals surface area (Å²) < 4.78 is 0. The third-order valence-electron chi connectivity index (χ3n) is 4.17. The smallest absolute Gasteiger partial charge is 0.255 e. The van der Waals surface area contributed by atoms with Gasteiger partial charge in [0.2, 0.25) is 0 Å². The van der Waals surface area contributed by atoms with E-state index in [9.17, 15) is 15.0 Å². The molecule has 1 heterocycles. The van der Waals surface area contributed by atoms with Crippen LogP contribution in [0.4, 0.5) is 0 Å². The number of amides is 1. The van der Waals surface area contributed by atoms with Gasteiger partial charge < -0.3 is 20.8 Å². The number of phenols is 1. The molecule has 0 aliphatic carbocycles. The first kappa shape index (κ1) is 14.8. The summed E-state index contributed by atoms with van der Waals surface area (Å²) in [6.45, 7) is 1.53. The molecule has 22 heavy (non-hydrogen) atoms. The number of phenolic OH excluding ortho intramolecular Hbond substituents is 1. The lowest BCUT2D eigenvalue weighted by Crippen LogP contribution is -2.52. The molecule has 0 radical (unpaired) electrons. The van der Waals surface area contributed by atoms with Gasteiger partial charge in [-0.25, -0.2) is 0 Å². The second kappa shape index (κ2) is 5.94. The number of carbonyl (C=O) groups excluding carboxylic acids is 1. The minimum Gasteiger partial charge on any atom is -0.506 e. The summed E-state index contributed by atoms with van der Waals surface area (Å²) in [4.78, 5) is 12.3. The number of benzene rings is 2. The van der Waals surface area contributed by atoms with Crippen LogP contribution >= 0.6 is 0 Å². The molecule has 3 rings (SSSR count). The van der Waals surface area contributed by atoms with Crippen LogP contribution in [0.2, 0.25) is 0 Å². The number of β-amino-alcohol motifs (C(OH)–C–C–N with tert-alkyl or cyclic N) is 1. The molecule has 1 amide bonds. The van der Waals surface area contributed by atoms with E-state index >= 15 is 0 Å². The maximum atomic E-state index is 12.3. The normalized spacial score (nSPS) is 21.7. The summed E-state index contributed by atoms with van der Waals surface area (Å²) in [6.07, 6.45) is 1.54. The molecule has 1 aliphatic rings. The van der Waals surface area contributed by atoms with Gasteiger partial charge in [0, 0.05) is 18.5 Å². The molecule has 1 saturated heterocycles. The molecule has 2 aromatic carbocycles. The van der Waals surface area contributed by atoms with Crippen molar-refractivity contribution in [2.75, 3.05) is 19.6 Å². The van der Waals surface area contributed by atoms with Gasteiger partial charge in [-0.05, 0) is 30.8 Å². The molecule has 4 N–H and O–H groups in total. The van der Waals surface area contributed by atoms with Crippen molar-refractivity contribution >= 4 is 16.7 Å². The van der Waals surface area contributed by atoms with E-state index in [1.165, 1.54) is 0 Å². The van der Waals surface area contributed by atoms with E-state index in [1.807, 2.05) is 18.2 Å². The van der Waals surface area contributed by atoms with Crippen LogP contribution < -0.4 is 10.6 Å². The predicted octanol–water partition coefficient (Wildman–Crippen LogP) is 1.39. The Morgan fingerprint density at radius 2 is 2.09 bits per heavy atom. The van der Waals surface area contributed by atoms with Crippen LogP contribution in [0.15, 0.2) is 36.4 Å². The molecular formula is C17H20N2O3. The first-order valence-electron chi connectivity index (χ1n) is 7.51. The van der Waals surface area contributed by atoms with E-state index in [0.29, 0.717) is 18.4 Å². The average molecular weight is 300 g/mol. The molecule has 116 valence electrons. The van der Waals surface area contributed by atoms with E-state index in [2.05, 4.69) is 10.6 Å². The summed E-state index contributed by atoms with van der Waals surface area (Å²) in [6, 6.07) is 10.8. The molecular weight excluding hydrogens is 280 g/mol. The van der Waals surface area contributed by atoms with Crippen molar-refractivity contribution in [3.63, 3.8) is 0 Å². The van der Waals surface area contributed by atoms with Crippen LogP contribution in [0.25, 0.3) is 10.8 Å². The summed E-state index contributed by atoms with van der Waals surface area (Å²) in [5.74, 6) is -0.397. The summed E-state index contributed by atoms with van der Waals surface area (Å²) in [7, 11) is 0. The number of fused-ring (bicyclic) bond motifs is 1.